The molecule has 0 saturated heterocycles. The number of benzene rings is 2. The average molecular weight is 325 g/mol. The molecule has 1 N–H and O–H groups in total. The molecule has 1 amide bonds. The highest BCUT2D eigenvalue weighted by Crippen LogP contribution is 2.28. The number of ether oxygens (including phenoxy) is 1. The number of hydrogen-bond acceptors (Lipinski definition) is 2. The Balaban J connectivity index is 2.05. The lowest BCUT2D eigenvalue weighted by atomic mass is 9.98. The van der Waals surface area contributed by atoms with Crippen molar-refractivity contribution in [1.29, 1.82) is 0 Å². The summed E-state index contributed by atoms with van der Waals surface area (Å²) in [6.45, 7) is 10.4. The fraction of sp³-hybridized carbons (Fsp3) is 0.381. The van der Waals surface area contributed by atoms with Crippen LogP contribution in [0.5, 0.6) is 5.75 Å². The van der Waals surface area contributed by atoms with E-state index in [1.54, 1.807) is 0 Å². The zero-order valence-corrected chi connectivity index (χ0v) is 15.3. The summed E-state index contributed by atoms with van der Waals surface area (Å²) in [4.78, 5) is 12.3. The maximum absolute atomic E-state index is 12.3. The van der Waals surface area contributed by atoms with E-state index in [0.717, 1.165) is 34.5 Å². The Morgan fingerprint density at radius 1 is 1.12 bits per heavy atom. The van der Waals surface area contributed by atoms with Crippen molar-refractivity contribution in [3.05, 3.63) is 58.7 Å². The molecular formula is C21H27NO2. The van der Waals surface area contributed by atoms with E-state index in [4.69, 9.17) is 4.74 Å². The number of para-hydroxylation sites is 1. The Bertz CT molecular complexity index is 699. The normalized spacial score (nSPS) is 11.9. The molecule has 1 atom stereocenters. The molecule has 2 rings (SSSR count). The summed E-state index contributed by atoms with van der Waals surface area (Å²) in [5.74, 6) is 1.06. The summed E-state index contributed by atoms with van der Waals surface area (Å²) < 4.78 is 5.79. The Hall–Kier alpha value is -2.29. The molecule has 0 saturated carbocycles. The van der Waals surface area contributed by atoms with E-state index in [0.29, 0.717) is 5.92 Å². The summed E-state index contributed by atoms with van der Waals surface area (Å²) >= 11 is 0. The number of hydrogen-bond donors (Lipinski definition) is 1. The van der Waals surface area contributed by atoms with Gasteiger partial charge in [-0.1, -0.05) is 49.7 Å². The first-order valence-electron chi connectivity index (χ1n) is 8.51. The second-order valence-electron chi connectivity index (χ2n) is 6.46. The van der Waals surface area contributed by atoms with Gasteiger partial charge in [0.25, 0.3) is 5.91 Å². The molecule has 0 aliphatic heterocycles. The number of carbonyl (C=O) groups excluding carboxylic acids is 1. The fourth-order valence-corrected chi connectivity index (χ4v) is 2.94. The van der Waals surface area contributed by atoms with Gasteiger partial charge in [0.2, 0.25) is 0 Å². The number of nitrogens with one attached hydrogen (secondary N) is 1. The molecule has 2 aromatic rings. The van der Waals surface area contributed by atoms with Crippen LogP contribution in [0.15, 0.2) is 36.4 Å². The van der Waals surface area contributed by atoms with Crippen molar-refractivity contribution < 1.29 is 9.53 Å². The van der Waals surface area contributed by atoms with Crippen molar-refractivity contribution in [3.8, 4) is 5.75 Å². The molecule has 1 unspecified atom stereocenters. The molecule has 0 aliphatic rings. The third-order valence-electron chi connectivity index (χ3n) is 4.36. The zero-order valence-electron chi connectivity index (χ0n) is 15.3. The fourth-order valence-electron chi connectivity index (χ4n) is 2.94. The maximum Gasteiger partial charge on any atom is 0.262 e. The molecule has 3 heteroatoms. The number of anilines is 1. The molecule has 0 spiro atoms. The molecule has 0 aliphatic carbocycles. The minimum Gasteiger partial charge on any atom is -0.483 e. The number of carbonyl (C=O) groups is 1. The summed E-state index contributed by atoms with van der Waals surface area (Å²) in [7, 11) is 0. The highest BCUT2D eigenvalue weighted by Gasteiger charge is 2.12. The van der Waals surface area contributed by atoms with E-state index in [1.807, 2.05) is 32.0 Å². The van der Waals surface area contributed by atoms with Crippen LogP contribution in [0.2, 0.25) is 0 Å². The van der Waals surface area contributed by atoms with E-state index in [2.05, 4.69) is 44.3 Å². The van der Waals surface area contributed by atoms with Gasteiger partial charge in [0.05, 0.1) is 0 Å². The molecule has 128 valence electrons. The summed E-state index contributed by atoms with van der Waals surface area (Å²) in [6.07, 6.45) is 1.04. The van der Waals surface area contributed by atoms with Crippen LogP contribution in [-0.4, -0.2) is 12.5 Å². The highest BCUT2D eigenvalue weighted by atomic mass is 16.5. The molecule has 2 aromatic carbocycles. The zero-order chi connectivity index (χ0) is 17.7. The van der Waals surface area contributed by atoms with Crippen molar-refractivity contribution in [2.24, 2.45) is 0 Å². The Morgan fingerprint density at radius 3 is 2.38 bits per heavy atom. The first kappa shape index (κ1) is 18.1. The molecule has 0 fully saturated rings. The lowest BCUT2D eigenvalue weighted by Gasteiger charge is -2.16. The minimum atomic E-state index is -0.135. The van der Waals surface area contributed by atoms with Crippen LogP contribution in [0.3, 0.4) is 0 Å². The van der Waals surface area contributed by atoms with Crippen LogP contribution in [0.1, 0.15) is 48.4 Å². The second kappa shape index (κ2) is 8.00. The standard InChI is InChI=1S/C21H27NO2/c1-6-15(3)18-9-7-8-10-19(18)24-13-20(23)22-21-16(4)11-14(2)12-17(21)5/h7-12,15H,6,13H2,1-5H3,(H,22,23). The van der Waals surface area contributed by atoms with Gasteiger partial charge in [0.15, 0.2) is 6.61 Å². The van der Waals surface area contributed by atoms with Gasteiger partial charge in [-0.15, -0.1) is 0 Å². The van der Waals surface area contributed by atoms with Crippen molar-refractivity contribution in [2.45, 2.75) is 47.0 Å². The molecule has 3 nitrogen and oxygen atoms in total. The van der Waals surface area contributed by atoms with Gasteiger partial charge >= 0.3 is 0 Å². The first-order chi connectivity index (χ1) is 11.4. The third-order valence-corrected chi connectivity index (χ3v) is 4.36. The highest BCUT2D eigenvalue weighted by molar-refractivity contribution is 5.93. The predicted molar refractivity (Wildman–Crippen MR) is 99.9 cm³/mol. The monoisotopic (exact) mass is 325 g/mol. The number of rotatable bonds is 6. The van der Waals surface area contributed by atoms with Crippen LogP contribution in [0.25, 0.3) is 0 Å². The first-order valence-corrected chi connectivity index (χ1v) is 8.51. The molecular weight excluding hydrogens is 298 g/mol. The van der Waals surface area contributed by atoms with Crippen LogP contribution < -0.4 is 10.1 Å². The molecule has 24 heavy (non-hydrogen) atoms. The van der Waals surface area contributed by atoms with Gasteiger partial charge in [-0.05, 0) is 55.9 Å². The minimum absolute atomic E-state index is 0.0141. The van der Waals surface area contributed by atoms with Gasteiger partial charge in [0, 0.05) is 5.69 Å². The second-order valence-corrected chi connectivity index (χ2v) is 6.46. The summed E-state index contributed by atoms with van der Waals surface area (Å²) in [5, 5.41) is 2.97. The van der Waals surface area contributed by atoms with E-state index in [-0.39, 0.29) is 12.5 Å². The van der Waals surface area contributed by atoms with Crippen LogP contribution in [0.4, 0.5) is 5.69 Å². The molecule has 0 radical (unpaired) electrons. The smallest absolute Gasteiger partial charge is 0.262 e. The summed E-state index contributed by atoms with van der Waals surface area (Å²) in [5.41, 5.74) is 5.36. The van der Waals surface area contributed by atoms with E-state index in [9.17, 15) is 4.79 Å². The average Bonchev–Trinajstić information content (AvgIpc) is 2.55. The van der Waals surface area contributed by atoms with Crippen molar-refractivity contribution in [1.82, 2.24) is 0 Å². The van der Waals surface area contributed by atoms with Gasteiger partial charge < -0.3 is 10.1 Å². The molecule has 0 bridgehead atoms. The Morgan fingerprint density at radius 2 is 1.75 bits per heavy atom. The Labute approximate surface area is 145 Å². The Kier molecular flexibility index (Phi) is 6.02. The largest absolute Gasteiger partial charge is 0.483 e. The van der Waals surface area contributed by atoms with E-state index >= 15 is 0 Å². The van der Waals surface area contributed by atoms with Crippen LogP contribution >= 0.6 is 0 Å². The van der Waals surface area contributed by atoms with Crippen molar-refractivity contribution in [3.63, 3.8) is 0 Å². The van der Waals surface area contributed by atoms with Gasteiger partial charge in [0.1, 0.15) is 5.75 Å². The van der Waals surface area contributed by atoms with Gasteiger partial charge in [-0.3, -0.25) is 4.79 Å². The third kappa shape index (κ3) is 4.38. The van der Waals surface area contributed by atoms with Gasteiger partial charge in [-0.2, -0.15) is 0 Å². The SMILES string of the molecule is CCC(C)c1ccccc1OCC(=O)Nc1c(C)cc(C)cc1C. The number of aryl methyl sites for hydroxylation is 3. The molecule has 0 aromatic heterocycles. The topological polar surface area (TPSA) is 38.3 Å². The van der Waals surface area contributed by atoms with E-state index < -0.39 is 0 Å². The van der Waals surface area contributed by atoms with E-state index in [1.165, 1.54) is 5.56 Å². The van der Waals surface area contributed by atoms with Gasteiger partial charge in [-0.25, -0.2) is 0 Å². The van der Waals surface area contributed by atoms with Crippen molar-refractivity contribution in [2.75, 3.05) is 11.9 Å². The number of amides is 1. The quantitative estimate of drug-likeness (QED) is 0.798. The lowest BCUT2D eigenvalue weighted by Crippen LogP contribution is -2.21. The summed E-state index contributed by atoms with van der Waals surface area (Å²) in [6, 6.07) is 12.1. The molecule has 0 heterocycles. The van der Waals surface area contributed by atoms with Crippen LogP contribution in [-0.2, 0) is 4.79 Å². The van der Waals surface area contributed by atoms with Crippen molar-refractivity contribution >= 4 is 11.6 Å². The maximum atomic E-state index is 12.3. The lowest BCUT2D eigenvalue weighted by molar-refractivity contribution is -0.118. The predicted octanol–water partition coefficient (Wildman–Crippen LogP) is 5.14. The van der Waals surface area contributed by atoms with Crippen LogP contribution in [0, 0.1) is 20.8 Å².